The predicted octanol–water partition coefficient (Wildman–Crippen LogP) is 2.52. The molecule has 0 saturated heterocycles. The summed E-state index contributed by atoms with van der Waals surface area (Å²) >= 11 is 0. The fraction of sp³-hybridized carbons (Fsp3) is 0.375. The zero-order valence-electron chi connectivity index (χ0n) is 12.1. The highest BCUT2D eigenvalue weighted by molar-refractivity contribution is 5.78. The summed E-state index contributed by atoms with van der Waals surface area (Å²) in [7, 11) is 1.41. The van der Waals surface area contributed by atoms with Crippen LogP contribution in [0, 0.1) is 5.92 Å². The monoisotopic (exact) mass is 272 g/mol. The van der Waals surface area contributed by atoms with Crippen LogP contribution in [0.2, 0.25) is 0 Å². The number of aromatic nitrogens is 1. The molecule has 20 heavy (non-hydrogen) atoms. The smallest absolute Gasteiger partial charge is 0.323 e. The van der Waals surface area contributed by atoms with Crippen molar-refractivity contribution < 1.29 is 9.53 Å². The van der Waals surface area contributed by atoms with Crippen molar-refractivity contribution in [1.29, 1.82) is 0 Å². The van der Waals surface area contributed by atoms with Crippen molar-refractivity contribution in [3.8, 4) is 0 Å². The van der Waals surface area contributed by atoms with Crippen LogP contribution in [0.3, 0.4) is 0 Å². The average Bonchev–Trinajstić information content (AvgIpc) is 2.46. The van der Waals surface area contributed by atoms with Gasteiger partial charge in [0.2, 0.25) is 0 Å². The predicted molar refractivity (Wildman–Crippen MR) is 79.2 cm³/mol. The first-order valence-corrected chi connectivity index (χ1v) is 6.77. The lowest BCUT2D eigenvalue weighted by molar-refractivity contribution is -0.144. The topological polar surface area (TPSA) is 51.2 Å². The van der Waals surface area contributed by atoms with Crippen LogP contribution in [-0.2, 0) is 16.1 Å². The molecule has 0 aliphatic heterocycles. The van der Waals surface area contributed by atoms with Gasteiger partial charge in [0.05, 0.1) is 18.3 Å². The Morgan fingerprint density at radius 3 is 2.70 bits per heavy atom. The van der Waals surface area contributed by atoms with Gasteiger partial charge in [-0.15, -0.1) is 0 Å². The molecular weight excluding hydrogens is 252 g/mol. The van der Waals surface area contributed by atoms with Gasteiger partial charge in [-0.2, -0.15) is 0 Å². The summed E-state index contributed by atoms with van der Waals surface area (Å²) in [6.45, 7) is 4.52. The lowest BCUT2D eigenvalue weighted by atomic mass is 10.0. The number of carbonyl (C=O) groups is 1. The molecule has 0 unspecified atom stereocenters. The third-order valence-electron chi connectivity index (χ3n) is 3.28. The van der Waals surface area contributed by atoms with Gasteiger partial charge in [-0.3, -0.25) is 15.1 Å². The molecule has 1 aromatic carbocycles. The third kappa shape index (κ3) is 3.33. The maximum atomic E-state index is 11.7. The number of hydrogen-bond acceptors (Lipinski definition) is 4. The summed E-state index contributed by atoms with van der Waals surface area (Å²) in [6, 6.07) is 11.7. The van der Waals surface area contributed by atoms with E-state index in [4.69, 9.17) is 4.74 Å². The average molecular weight is 272 g/mol. The van der Waals surface area contributed by atoms with Crippen molar-refractivity contribution in [3.63, 3.8) is 0 Å². The highest BCUT2D eigenvalue weighted by atomic mass is 16.5. The SMILES string of the molecule is COC(=O)[C@@H](NCc1ccc2ccccc2n1)C(C)C. The maximum Gasteiger partial charge on any atom is 0.323 e. The number of ether oxygens (including phenoxy) is 1. The number of esters is 1. The fourth-order valence-corrected chi connectivity index (χ4v) is 2.14. The van der Waals surface area contributed by atoms with Gasteiger partial charge in [0, 0.05) is 11.9 Å². The van der Waals surface area contributed by atoms with Crippen molar-refractivity contribution in [2.24, 2.45) is 5.92 Å². The number of hydrogen-bond donors (Lipinski definition) is 1. The van der Waals surface area contributed by atoms with E-state index in [1.807, 2.05) is 50.2 Å². The number of carbonyl (C=O) groups excluding carboxylic acids is 1. The van der Waals surface area contributed by atoms with E-state index in [0.29, 0.717) is 6.54 Å². The van der Waals surface area contributed by atoms with E-state index in [0.717, 1.165) is 16.6 Å². The number of benzene rings is 1. The first kappa shape index (κ1) is 14.5. The minimum absolute atomic E-state index is 0.169. The Morgan fingerprint density at radius 1 is 1.25 bits per heavy atom. The first-order chi connectivity index (χ1) is 9.61. The Balaban J connectivity index is 2.09. The molecule has 1 heterocycles. The van der Waals surface area contributed by atoms with Gasteiger partial charge in [0.1, 0.15) is 6.04 Å². The Bertz CT molecular complexity index is 596. The standard InChI is InChI=1S/C16H20N2O2/c1-11(2)15(16(19)20-3)17-10-13-9-8-12-6-4-5-7-14(12)18-13/h4-9,11,15,17H,10H2,1-3H3/t15-/m0/s1. The van der Waals surface area contributed by atoms with Crippen LogP contribution in [0.4, 0.5) is 0 Å². The molecule has 0 radical (unpaired) electrons. The van der Waals surface area contributed by atoms with Crippen LogP contribution in [-0.4, -0.2) is 24.1 Å². The van der Waals surface area contributed by atoms with Gasteiger partial charge >= 0.3 is 5.97 Å². The molecular formula is C16H20N2O2. The summed E-state index contributed by atoms with van der Waals surface area (Å²) in [5, 5.41) is 4.33. The number of nitrogens with zero attached hydrogens (tertiary/aromatic N) is 1. The van der Waals surface area contributed by atoms with Crippen molar-refractivity contribution in [1.82, 2.24) is 10.3 Å². The molecule has 0 aliphatic rings. The zero-order valence-corrected chi connectivity index (χ0v) is 12.1. The van der Waals surface area contributed by atoms with Crippen molar-refractivity contribution in [3.05, 3.63) is 42.1 Å². The summed E-state index contributed by atoms with van der Waals surface area (Å²) in [5.41, 5.74) is 1.88. The van der Waals surface area contributed by atoms with Gasteiger partial charge < -0.3 is 4.74 Å². The molecule has 2 aromatic rings. The van der Waals surface area contributed by atoms with Crippen LogP contribution < -0.4 is 5.32 Å². The molecule has 0 bridgehead atoms. The number of pyridine rings is 1. The molecule has 0 aliphatic carbocycles. The summed E-state index contributed by atoms with van der Waals surface area (Å²) in [6.07, 6.45) is 0. The van der Waals surface area contributed by atoms with E-state index in [-0.39, 0.29) is 17.9 Å². The minimum Gasteiger partial charge on any atom is -0.468 e. The molecule has 1 atom stereocenters. The second-order valence-corrected chi connectivity index (χ2v) is 5.12. The van der Waals surface area contributed by atoms with Crippen LogP contribution >= 0.6 is 0 Å². The van der Waals surface area contributed by atoms with Crippen molar-refractivity contribution in [2.45, 2.75) is 26.4 Å². The highest BCUT2D eigenvalue weighted by Crippen LogP contribution is 2.12. The van der Waals surface area contributed by atoms with Crippen LogP contribution in [0.15, 0.2) is 36.4 Å². The highest BCUT2D eigenvalue weighted by Gasteiger charge is 2.22. The third-order valence-corrected chi connectivity index (χ3v) is 3.28. The quantitative estimate of drug-likeness (QED) is 0.850. The summed E-state index contributed by atoms with van der Waals surface area (Å²) < 4.78 is 4.81. The number of rotatable bonds is 5. The van der Waals surface area contributed by atoms with Gasteiger partial charge in [-0.05, 0) is 18.1 Å². The lowest BCUT2D eigenvalue weighted by Crippen LogP contribution is -2.41. The molecule has 4 nitrogen and oxygen atoms in total. The maximum absolute atomic E-state index is 11.7. The van der Waals surface area contributed by atoms with Gasteiger partial charge in [-0.25, -0.2) is 0 Å². The fourth-order valence-electron chi connectivity index (χ4n) is 2.14. The van der Waals surface area contributed by atoms with Crippen LogP contribution in [0.5, 0.6) is 0 Å². The normalized spacial score (nSPS) is 12.6. The van der Waals surface area contributed by atoms with Gasteiger partial charge in [-0.1, -0.05) is 38.1 Å². The first-order valence-electron chi connectivity index (χ1n) is 6.77. The van der Waals surface area contributed by atoms with Crippen molar-refractivity contribution in [2.75, 3.05) is 7.11 Å². The summed E-state index contributed by atoms with van der Waals surface area (Å²) in [5.74, 6) is -0.0660. The number of fused-ring (bicyclic) bond motifs is 1. The number of para-hydroxylation sites is 1. The molecule has 0 saturated carbocycles. The molecule has 0 spiro atoms. The Labute approximate surface area is 119 Å². The second kappa shape index (κ2) is 6.48. The van der Waals surface area contributed by atoms with E-state index in [9.17, 15) is 4.79 Å². The Hall–Kier alpha value is -1.94. The van der Waals surface area contributed by atoms with Gasteiger partial charge in [0.25, 0.3) is 0 Å². The Morgan fingerprint density at radius 2 is 2.00 bits per heavy atom. The van der Waals surface area contributed by atoms with Gasteiger partial charge in [0.15, 0.2) is 0 Å². The number of methoxy groups -OCH3 is 1. The summed E-state index contributed by atoms with van der Waals surface area (Å²) in [4.78, 5) is 16.3. The van der Waals surface area contributed by atoms with Crippen LogP contribution in [0.1, 0.15) is 19.5 Å². The Kier molecular flexibility index (Phi) is 4.69. The van der Waals surface area contributed by atoms with E-state index in [2.05, 4.69) is 10.3 Å². The molecule has 1 aromatic heterocycles. The van der Waals surface area contributed by atoms with Crippen LogP contribution in [0.25, 0.3) is 10.9 Å². The molecule has 0 amide bonds. The molecule has 4 heteroatoms. The van der Waals surface area contributed by atoms with Crippen molar-refractivity contribution >= 4 is 16.9 Å². The van der Waals surface area contributed by atoms with E-state index >= 15 is 0 Å². The minimum atomic E-state index is -0.312. The largest absolute Gasteiger partial charge is 0.468 e. The molecule has 106 valence electrons. The van der Waals surface area contributed by atoms with E-state index in [1.54, 1.807) is 0 Å². The molecule has 1 N–H and O–H groups in total. The zero-order chi connectivity index (χ0) is 14.5. The molecule has 0 fully saturated rings. The lowest BCUT2D eigenvalue weighted by Gasteiger charge is -2.19. The second-order valence-electron chi connectivity index (χ2n) is 5.12. The van der Waals surface area contributed by atoms with E-state index < -0.39 is 0 Å². The molecule has 2 rings (SSSR count). The van der Waals surface area contributed by atoms with E-state index in [1.165, 1.54) is 7.11 Å². The number of nitrogens with one attached hydrogen (secondary N) is 1.